The number of halogens is 1. The summed E-state index contributed by atoms with van der Waals surface area (Å²) in [5, 5.41) is 0. The number of fused-ring (bicyclic) bond motifs is 5. The normalized spacial score (nSPS) is 28.2. The molecule has 1 saturated heterocycles. The molecule has 2 amide bonds. The van der Waals surface area contributed by atoms with Crippen molar-refractivity contribution >= 4 is 39.5 Å². The number of nitrogens with zero attached hydrogens (tertiary/aromatic N) is 1. The summed E-state index contributed by atoms with van der Waals surface area (Å²) >= 11 is 3.30. The van der Waals surface area contributed by atoms with E-state index in [-0.39, 0.29) is 47.2 Å². The minimum atomic E-state index is -1.02. The van der Waals surface area contributed by atoms with E-state index in [1.54, 1.807) is 38.1 Å². The van der Waals surface area contributed by atoms with E-state index < -0.39 is 18.6 Å². The molecule has 29 heavy (non-hydrogen) atoms. The number of hydrogen-bond donors (Lipinski definition) is 0. The smallest absolute Gasteiger partial charge is 0.330 e. The summed E-state index contributed by atoms with van der Waals surface area (Å²) in [5.41, 5.74) is 0.424. The molecular formula is C22H22BrNO5. The fourth-order valence-electron chi connectivity index (χ4n) is 4.82. The zero-order valence-electron chi connectivity index (χ0n) is 16.2. The number of likely N-dealkylation sites (tertiary alicyclic amines) is 1. The number of esters is 1. The Bertz CT molecular complexity index is 876. The van der Waals surface area contributed by atoms with Crippen molar-refractivity contribution in [3.63, 3.8) is 0 Å². The second-order valence-corrected chi connectivity index (χ2v) is 9.19. The maximum Gasteiger partial charge on any atom is 0.330 e. The minimum absolute atomic E-state index is 0.0780. The molecule has 0 radical (unpaired) electrons. The van der Waals surface area contributed by atoms with E-state index in [0.29, 0.717) is 5.56 Å². The van der Waals surface area contributed by atoms with Gasteiger partial charge in [-0.2, -0.15) is 0 Å². The maximum atomic E-state index is 13.0. The maximum absolute atomic E-state index is 13.0. The van der Waals surface area contributed by atoms with E-state index >= 15 is 0 Å². The van der Waals surface area contributed by atoms with Crippen molar-refractivity contribution < 1.29 is 23.9 Å². The first-order chi connectivity index (χ1) is 13.8. The monoisotopic (exact) mass is 459 g/mol. The van der Waals surface area contributed by atoms with Gasteiger partial charge in [0.25, 0.3) is 0 Å². The zero-order chi connectivity index (χ0) is 20.9. The molecule has 1 heterocycles. The lowest BCUT2D eigenvalue weighted by Gasteiger charge is -2.28. The molecule has 0 aromatic heterocycles. The van der Waals surface area contributed by atoms with E-state index in [2.05, 4.69) is 15.9 Å². The molecule has 1 aromatic carbocycles. The number of carbonyl (C=O) groups excluding carboxylic acids is 4. The van der Waals surface area contributed by atoms with Gasteiger partial charge < -0.3 is 4.74 Å². The highest BCUT2D eigenvalue weighted by Gasteiger charge is 2.61. The SMILES string of the molecule is CC(C)[C@H](C(=O)OCC(=O)c1ccc(Br)cc1)N1C(=O)[C@@H]2[C@H](C1=O)[C@H]1C=C[C@H]2C1. The van der Waals surface area contributed by atoms with Crippen molar-refractivity contribution in [1.29, 1.82) is 0 Å². The molecule has 4 rings (SSSR count). The standard InChI is InChI=1S/C22H22BrNO5/c1-11(2)19(22(28)29-10-16(25)12-5-7-15(23)8-6-12)24-20(26)17-13-3-4-14(9-13)18(17)21(24)27/h3-8,11,13-14,17-19H,9-10H2,1-2H3/t13-,14-,17-,18+,19+/m0/s1. The summed E-state index contributed by atoms with van der Waals surface area (Å²) in [5.74, 6) is -2.52. The number of Topliss-reactive ketones (excluding diaryl/α,β-unsaturated/α-hetero) is 1. The van der Waals surface area contributed by atoms with Gasteiger partial charge in [0.15, 0.2) is 12.4 Å². The molecule has 2 aliphatic carbocycles. The molecule has 5 atom stereocenters. The van der Waals surface area contributed by atoms with Crippen molar-refractivity contribution in [2.24, 2.45) is 29.6 Å². The third-order valence-electron chi connectivity index (χ3n) is 6.17. The topological polar surface area (TPSA) is 80.8 Å². The van der Waals surface area contributed by atoms with Crippen LogP contribution in [0.15, 0.2) is 40.9 Å². The average Bonchev–Trinajstić information content (AvgIpc) is 3.36. The molecule has 2 fully saturated rings. The van der Waals surface area contributed by atoms with Gasteiger partial charge in [-0.3, -0.25) is 19.3 Å². The van der Waals surface area contributed by atoms with Crippen LogP contribution in [0.3, 0.4) is 0 Å². The van der Waals surface area contributed by atoms with Crippen LogP contribution in [0.4, 0.5) is 0 Å². The molecule has 0 unspecified atom stereocenters. The Hall–Kier alpha value is -2.28. The summed E-state index contributed by atoms with van der Waals surface area (Å²) in [6, 6.07) is 5.72. The first-order valence-electron chi connectivity index (χ1n) is 9.80. The van der Waals surface area contributed by atoms with Crippen molar-refractivity contribution in [2.75, 3.05) is 6.61 Å². The first kappa shape index (κ1) is 20.0. The molecule has 1 aliphatic heterocycles. The minimum Gasteiger partial charge on any atom is -0.456 e. The van der Waals surface area contributed by atoms with Crippen LogP contribution in [0.25, 0.3) is 0 Å². The van der Waals surface area contributed by atoms with Gasteiger partial charge in [-0.05, 0) is 36.3 Å². The lowest BCUT2D eigenvalue weighted by Crippen LogP contribution is -2.50. The molecule has 7 heteroatoms. The number of imide groups is 1. The van der Waals surface area contributed by atoms with E-state index in [0.717, 1.165) is 15.8 Å². The number of ketones is 1. The molecule has 1 aromatic rings. The van der Waals surface area contributed by atoms with Gasteiger partial charge in [-0.25, -0.2) is 4.79 Å². The Morgan fingerprint density at radius 1 is 1.07 bits per heavy atom. The molecule has 2 bridgehead atoms. The zero-order valence-corrected chi connectivity index (χ0v) is 17.8. The Kier molecular flexibility index (Phi) is 5.19. The summed E-state index contributed by atoms with van der Waals surface area (Å²) in [6.07, 6.45) is 4.86. The van der Waals surface area contributed by atoms with Crippen LogP contribution < -0.4 is 0 Å². The van der Waals surface area contributed by atoms with Gasteiger partial charge in [-0.15, -0.1) is 0 Å². The number of amides is 2. The molecule has 6 nitrogen and oxygen atoms in total. The third kappa shape index (κ3) is 3.35. The summed E-state index contributed by atoms with van der Waals surface area (Å²) < 4.78 is 6.09. The molecular weight excluding hydrogens is 438 g/mol. The van der Waals surface area contributed by atoms with Crippen LogP contribution in [-0.2, 0) is 19.1 Å². The third-order valence-corrected chi connectivity index (χ3v) is 6.70. The number of hydrogen-bond acceptors (Lipinski definition) is 5. The van der Waals surface area contributed by atoms with Gasteiger partial charge in [-0.1, -0.05) is 54.1 Å². The van der Waals surface area contributed by atoms with Crippen LogP contribution in [0.2, 0.25) is 0 Å². The number of ether oxygens (including phenoxy) is 1. The lowest BCUT2D eigenvalue weighted by molar-refractivity contribution is -0.160. The average molecular weight is 460 g/mol. The molecule has 1 saturated carbocycles. The molecule has 0 spiro atoms. The first-order valence-corrected chi connectivity index (χ1v) is 10.6. The Balaban J connectivity index is 1.47. The second kappa shape index (κ2) is 7.52. The largest absolute Gasteiger partial charge is 0.456 e. The van der Waals surface area contributed by atoms with E-state index in [1.807, 2.05) is 12.2 Å². The predicted molar refractivity (Wildman–Crippen MR) is 108 cm³/mol. The molecule has 152 valence electrons. The van der Waals surface area contributed by atoms with Crippen LogP contribution in [0.5, 0.6) is 0 Å². The highest BCUT2D eigenvalue weighted by Crippen LogP contribution is 2.53. The fourth-order valence-corrected chi connectivity index (χ4v) is 5.08. The molecule has 0 N–H and O–H groups in total. The van der Waals surface area contributed by atoms with Gasteiger partial charge in [0.05, 0.1) is 11.8 Å². The summed E-state index contributed by atoms with van der Waals surface area (Å²) in [6.45, 7) is 3.10. The Morgan fingerprint density at radius 2 is 1.62 bits per heavy atom. The van der Waals surface area contributed by atoms with E-state index in [9.17, 15) is 19.2 Å². The van der Waals surface area contributed by atoms with Gasteiger partial charge in [0.2, 0.25) is 11.8 Å². The Morgan fingerprint density at radius 3 is 2.14 bits per heavy atom. The number of benzene rings is 1. The van der Waals surface area contributed by atoms with Crippen LogP contribution >= 0.6 is 15.9 Å². The van der Waals surface area contributed by atoms with Crippen LogP contribution in [-0.4, -0.2) is 41.1 Å². The highest BCUT2D eigenvalue weighted by molar-refractivity contribution is 9.10. The van der Waals surface area contributed by atoms with Crippen molar-refractivity contribution in [3.05, 3.63) is 46.5 Å². The predicted octanol–water partition coefficient (Wildman–Crippen LogP) is 3.01. The van der Waals surface area contributed by atoms with E-state index in [1.165, 1.54) is 0 Å². The number of carbonyl (C=O) groups is 4. The Labute approximate surface area is 177 Å². The van der Waals surface area contributed by atoms with Crippen molar-refractivity contribution in [1.82, 2.24) is 4.90 Å². The van der Waals surface area contributed by atoms with Crippen LogP contribution in [0.1, 0.15) is 30.6 Å². The van der Waals surface area contributed by atoms with Gasteiger partial charge >= 0.3 is 5.97 Å². The van der Waals surface area contributed by atoms with Gasteiger partial charge in [0, 0.05) is 10.0 Å². The van der Waals surface area contributed by atoms with E-state index in [4.69, 9.17) is 4.74 Å². The fraction of sp³-hybridized carbons (Fsp3) is 0.455. The highest BCUT2D eigenvalue weighted by atomic mass is 79.9. The van der Waals surface area contributed by atoms with Crippen molar-refractivity contribution in [3.8, 4) is 0 Å². The van der Waals surface area contributed by atoms with Crippen LogP contribution in [0, 0.1) is 29.6 Å². The second-order valence-electron chi connectivity index (χ2n) is 8.27. The number of rotatable bonds is 6. The quantitative estimate of drug-likeness (QED) is 0.282. The molecule has 3 aliphatic rings. The van der Waals surface area contributed by atoms with Crippen molar-refractivity contribution in [2.45, 2.75) is 26.3 Å². The summed E-state index contributed by atoms with van der Waals surface area (Å²) in [7, 11) is 0. The van der Waals surface area contributed by atoms with Gasteiger partial charge in [0.1, 0.15) is 6.04 Å². The lowest BCUT2D eigenvalue weighted by atomic mass is 9.85. The summed E-state index contributed by atoms with van der Waals surface area (Å²) in [4.78, 5) is 52.3. The number of allylic oxidation sites excluding steroid dienone is 2.